The van der Waals surface area contributed by atoms with Gasteiger partial charge in [-0.1, -0.05) is 12.1 Å². The Bertz CT molecular complexity index is 674. The molecule has 6 heteroatoms. The number of hydrogen-bond donors (Lipinski definition) is 2. The maximum absolute atomic E-state index is 12.2. The fourth-order valence-electron chi connectivity index (χ4n) is 2.20. The van der Waals surface area contributed by atoms with Crippen molar-refractivity contribution in [2.24, 2.45) is 0 Å². The summed E-state index contributed by atoms with van der Waals surface area (Å²) in [6.45, 7) is 0. The molecule has 1 amide bonds. The standard InChI is InChI=1S/C17H19NO5/c1-21-14-8-11(9-15(22-2)17(14)23-3)10-16(20)18-12-6-4-5-7-13(12)19/h4-9,19H,10H2,1-3H3,(H,18,20). The molecule has 6 nitrogen and oxygen atoms in total. The van der Waals surface area contributed by atoms with Gasteiger partial charge < -0.3 is 24.6 Å². The van der Waals surface area contributed by atoms with Crippen molar-refractivity contribution in [1.82, 2.24) is 0 Å². The van der Waals surface area contributed by atoms with Gasteiger partial charge in [-0.25, -0.2) is 0 Å². The number of carbonyl (C=O) groups excluding carboxylic acids is 1. The molecule has 2 aromatic carbocycles. The zero-order valence-electron chi connectivity index (χ0n) is 13.3. The van der Waals surface area contributed by atoms with Gasteiger partial charge in [0, 0.05) is 0 Å². The number of anilines is 1. The monoisotopic (exact) mass is 317 g/mol. The van der Waals surface area contributed by atoms with Gasteiger partial charge in [-0.15, -0.1) is 0 Å². The van der Waals surface area contributed by atoms with Gasteiger partial charge in [0.15, 0.2) is 11.5 Å². The molecular weight excluding hydrogens is 298 g/mol. The van der Waals surface area contributed by atoms with Crippen LogP contribution in [0.1, 0.15) is 5.56 Å². The number of para-hydroxylation sites is 2. The smallest absolute Gasteiger partial charge is 0.228 e. The highest BCUT2D eigenvalue weighted by Crippen LogP contribution is 2.38. The molecule has 2 rings (SSSR count). The number of ether oxygens (including phenoxy) is 3. The molecule has 0 aliphatic rings. The molecule has 0 aliphatic carbocycles. The van der Waals surface area contributed by atoms with E-state index < -0.39 is 0 Å². The first-order chi connectivity index (χ1) is 11.1. The Labute approximate surface area is 134 Å². The molecule has 0 saturated heterocycles. The zero-order valence-corrected chi connectivity index (χ0v) is 13.3. The lowest BCUT2D eigenvalue weighted by atomic mass is 10.1. The second-order valence-corrected chi connectivity index (χ2v) is 4.78. The van der Waals surface area contributed by atoms with Crippen LogP contribution in [0.15, 0.2) is 36.4 Å². The molecule has 122 valence electrons. The van der Waals surface area contributed by atoms with Crippen molar-refractivity contribution in [3.8, 4) is 23.0 Å². The van der Waals surface area contributed by atoms with E-state index in [0.29, 0.717) is 28.5 Å². The predicted octanol–water partition coefficient (Wildman–Crippen LogP) is 2.60. The van der Waals surface area contributed by atoms with Crippen LogP contribution in [-0.2, 0) is 11.2 Å². The van der Waals surface area contributed by atoms with E-state index in [0.717, 1.165) is 0 Å². The third kappa shape index (κ3) is 3.85. The van der Waals surface area contributed by atoms with Crippen molar-refractivity contribution < 1.29 is 24.1 Å². The summed E-state index contributed by atoms with van der Waals surface area (Å²) in [7, 11) is 4.55. The third-order valence-corrected chi connectivity index (χ3v) is 3.27. The van der Waals surface area contributed by atoms with Crippen molar-refractivity contribution in [2.45, 2.75) is 6.42 Å². The van der Waals surface area contributed by atoms with Gasteiger partial charge in [-0.05, 0) is 29.8 Å². The van der Waals surface area contributed by atoms with E-state index in [1.54, 1.807) is 30.3 Å². The lowest BCUT2D eigenvalue weighted by Gasteiger charge is -2.14. The number of phenols is 1. The Balaban J connectivity index is 2.19. The number of hydrogen-bond acceptors (Lipinski definition) is 5. The number of benzene rings is 2. The lowest BCUT2D eigenvalue weighted by molar-refractivity contribution is -0.115. The van der Waals surface area contributed by atoms with Crippen LogP contribution >= 0.6 is 0 Å². The van der Waals surface area contributed by atoms with Gasteiger partial charge in [0.25, 0.3) is 0 Å². The van der Waals surface area contributed by atoms with Crippen molar-refractivity contribution in [1.29, 1.82) is 0 Å². The third-order valence-electron chi connectivity index (χ3n) is 3.27. The van der Waals surface area contributed by atoms with Gasteiger partial charge in [0.05, 0.1) is 33.4 Å². The van der Waals surface area contributed by atoms with Gasteiger partial charge in [-0.3, -0.25) is 4.79 Å². The molecule has 0 spiro atoms. The van der Waals surface area contributed by atoms with Crippen molar-refractivity contribution >= 4 is 11.6 Å². The number of rotatable bonds is 6. The van der Waals surface area contributed by atoms with Gasteiger partial charge >= 0.3 is 0 Å². The Kier molecular flexibility index (Phi) is 5.30. The summed E-state index contributed by atoms with van der Waals surface area (Å²) in [6, 6.07) is 9.98. The average molecular weight is 317 g/mol. The summed E-state index contributed by atoms with van der Waals surface area (Å²) in [4.78, 5) is 12.2. The summed E-state index contributed by atoms with van der Waals surface area (Å²) >= 11 is 0. The first kappa shape index (κ1) is 16.5. The summed E-state index contributed by atoms with van der Waals surface area (Å²) in [5, 5.41) is 12.3. The van der Waals surface area contributed by atoms with E-state index in [1.165, 1.54) is 27.4 Å². The second-order valence-electron chi connectivity index (χ2n) is 4.78. The highest BCUT2D eigenvalue weighted by Gasteiger charge is 2.15. The van der Waals surface area contributed by atoms with Crippen LogP contribution in [0.4, 0.5) is 5.69 Å². The Morgan fingerprint density at radius 3 is 2.17 bits per heavy atom. The number of methoxy groups -OCH3 is 3. The fourth-order valence-corrected chi connectivity index (χ4v) is 2.20. The Hall–Kier alpha value is -2.89. The van der Waals surface area contributed by atoms with Gasteiger partial charge in [0.2, 0.25) is 11.7 Å². The largest absolute Gasteiger partial charge is 0.506 e. The second kappa shape index (κ2) is 7.40. The molecule has 0 fully saturated rings. The van der Waals surface area contributed by atoms with Gasteiger partial charge in [-0.2, -0.15) is 0 Å². The van der Waals surface area contributed by atoms with Crippen LogP contribution in [0.2, 0.25) is 0 Å². The van der Waals surface area contributed by atoms with Gasteiger partial charge in [0.1, 0.15) is 5.75 Å². The minimum Gasteiger partial charge on any atom is -0.506 e. The molecule has 0 saturated carbocycles. The maximum atomic E-state index is 12.2. The quantitative estimate of drug-likeness (QED) is 0.801. The summed E-state index contributed by atoms with van der Waals surface area (Å²) in [6.07, 6.45) is 0.102. The molecule has 0 atom stereocenters. The van der Waals surface area contributed by atoms with Crippen molar-refractivity contribution in [2.75, 3.05) is 26.6 Å². The molecule has 2 N–H and O–H groups in total. The maximum Gasteiger partial charge on any atom is 0.228 e. The molecule has 0 bridgehead atoms. The van der Waals surface area contributed by atoms with E-state index in [1.807, 2.05) is 0 Å². The number of nitrogens with one attached hydrogen (secondary N) is 1. The first-order valence-corrected chi connectivity index (χ1v) is 6.95. The van der Waals surface area contributed by atoms with E-state index in [4.69, 9.17) is 14.2 Å². The van der Waals surface area contributed by atoms with E-state index in [2.05, 4.69) is 5.32 Å². The summed E-state index contributed by atoms with van der Waals surface area (Å²) in [5.41, 5.74) is 1.07. The van der Waals surface area contributed by atoms with Crippen LogP contribution in [0.5, 0.6) is 23.0 Å². The summed E-state index contributed by atoms with van der Waals surface area (Å²) < 4.78 is 15.8. The number of aromatic hydroxyl groups is 1. The predicted molar refractivity (Wildman–Crippen MR) is 86.5 cm³/mol. The van der Waals surface area contributed by atoms with E-state index >= 15 is 0 Å². The molecule has 0 unspecified atom stereocenters. The fraction of sp³-hybridized carbons (Fsp3) is 0.235. The van der Waals surface area contributed by atoms with Crippen molar-refractivity contribution in [3.05, 3.63) is 42.0 Å². The minimum absolute atomic E-state index is 0.0192. The SMILES string of the molecule is COc1cc(CC(=O)Nc2ccccc2O)cc(OC)c1OC. The molecular formula is C17H19NO5. The Morgan fingerprint density at radius 2 is 1.65 bits per heavy atom. The van der Waals surface area contributed by atoms with Crippen LogP contribution in [-0.4, -0.2) is 32.3 Å². The van der Waals surface area contributed by atoms with Crippen LogP contribution in [0.3, 0.4) is 0 Å². The van der Waals surface area contributed by atoms with Crippen molar-refractivity contribution in [3.63, 3.8) is 0 Å². The molecule has 23 heavy (non-hydrogen) atoms. The highest BCUT2D eigenvalue weighted by molar-refractivity contribution is 5.93. The summed E-state index contributed by atoms with van der Waals surface area (Å²) in [5.74, 6) is 1.20. The van der Waals surface area contributed by atoms with E-state index in [9.17, 15) is 9.90 Å². The molecule has 2 aromatic rings. The average Bonchev–Trinajstić information content (AvgIpc) is 2.55. The van der Waals surface area contributed by atoms with Crippen LogP contribution in [0.25, 0.3) is 0 Å². The number of amides is 1. The number of carbonyl (C=O) groups is 1. The molecule has 0 aliphatic heterocycles. The minimum atomic E-state index is -0.263. The van der Waals surface area contributed by atoms with Crippen LogP contribution in [0, 0.1) is 0 Å². The topological polar surface area (TPSA) is 77.0 Å². The number of phenolic OH excluding ortho intramolecular Hbond substituents is 1. The molecule has 0 aromatic heterocycles. The molecule has 0 heterocycles. The zero-order chi connectivity index (χ0) is 16.8. The lowest BCUT2D eigenvalue weighted by Crippen LogP contribution is -2.14. The highest BCUT2D eigenvalue weighted by atomic mass is 16.5. The normalized spacial score (nSPS) is 10.0. The van der Waals surface area contributed by atoms with Crippen LogP contribution < -0.4 is 19.5 Å². The Morgan fingerprint density at radius 1 is 1.04 bits per heavy atom. The van der Waals surface area contributed by atoms with E-state index in [-0.39, 0.29) is 18.1 Å². The molecule has 0 radical (unpaired) electrons. The first-order valence-electron chi connectivity index (χ1n) is 6.95.